The number of hydrogen-bond donors (Lipinski definition) is 1. The van der Waals surface area contributed by atoms with Crippen LogP contribution in [0.2, 0.25) is 0 Å². The number of nitrogens with one attached hydrogen (secondary N) is 1. The highest BCUT2D eigenvalue weighted by Crippen LogP contribution is 2.30. The van der Waals surface area contributed by atoms with Gasteiger partial charge in [0, 0.05) is 14.2 Å². The smallest absolute Gasteiger partial charge is 0.265 e. The van der Waals surface area contributed by atoms with Gasteiger partial charge in [-0.1, -0.05) is 0 Å². The van der Waals surface area contributed by atoms with E-state index in [4.69, 9.17) is 9.47 Å². The van der Waals surface area contributed by atoms with E-state index >= 15 is 0 Å². The van der Waals surface area contributed by atoms with Crippen LogP contribution in [0.1, 0.15) is 11.4 Å². The first kappa shape index (κ1) is 14.7. The van der Waals surface area contributed by atoms with Crippen LogP contribution in [0.4, 0.5) is 0 Å². The Morgan fingerprint density at radius 2 is 2.10 bits per heavy atom. The summed E-state index contributed by atoms with van der Waals surface area (Å²) in [6.45, 7) is 2.06. The zero-order chi connectivity index (χ0) is 14.9. The Balaban J connectivity index is 2.67. The minimum absolute atomic E-state index is 0.235. The maximum absolute atomic E-state index is 12.0. The van der Waals surface area contributed by atoms with Crippen molar-refractivity contribution < 1.29 is 9.47 Å². The van der Waals surface area contributed by atoms with Gasteiger partial charge in [-0.15, -0.1) is 0 Å². The molecule has 7 nitrogen and oxygen atoms in total. The van der Waals surface area contributed by atoms with Crippen molar-refractivity contribution in [3.05, 3.63) is 26.2 Å². The first-order chi connectivity index (χ1) is 9.49. The van der Waals surface area contributed by atoms with Crippen LogP contribution >= 0.6 is 15.9 Å². The topological polar surface area (TPSA) is 82.0 Å². The lowest BCUT2D eigenvalue weighted by Gasteiger charge is -2.07. The van der Waals surface area contributed by atoms with Crippen molar-refractivity contribution in [2.24, 2.45) is 7.05 Å². The van der Waals surface area contributed by atoms with Gasteiger partial charge in [-0.05, 0) is 22.9 Å². The molecule has 0 fully saturated rings. The summed E-state index contributed by atoms with van der Waals surface area (Å²) >= 11 is 3.21. The highest BCUT2D eigenvalue weighted by molar-refractivity contribution is 9.10. The van der Waals surface area contributed by atoms with E-state index < -0.39 is 0 Å². The molecule has 2 rings (SSSR count). The number of methoxy groups -OCH3 is 2. The highest BCUT2D eigenvalue weighted by atomic mass is 79.9. The number of rotatable bonds is 4. The van der Waals surface area contributed by atoms with Crippen LogP contribution in [0, 0.1) is 6.92 Å². The molecule has 0 aliphatic heterocycles. The van der Waals surface area contributed by atoms with Gasteiger partial charge in [-0.2, -0.15) is 5.10 Å². The molecule has 0 spiro atoms. The van der Waals surface area contributed by atoms with E-state index in [-0.39, 0.29) is 12.2 Å². The molecule has 0 aromatic carbocycles. The van der Waals surface area contributed by atoms with Crippen LogP contribution in [0.5, 0.6) is 5.88 Å². The molecule has 0 aliphatic rings. The van der Waals surface area contributed by atoms with E-state index in [0.29, 0.717) is 27.4 Å². The van der Waals surface area contributed by atoms with Crippen LogP contribution in [-0.2, 0) is 18.4 Å². The van der Waals surface area contributed by atoms with Crippen LogP contribution in [0.15, 0.2) is 9.27 Å². The predicted octanol–water partition coefficient (Wildman–Crippen LogP) is 1.40. The van der Waals surface area contributed by atoms with Crippen molar-refractivity contribution in [3.63, 3.8) is 0 Å². The summed E-state index contributed by atoms with van der Waals surface area (Å²) in [7, 11) is 4.86. The van der Waals surface area contributed by atoms with Crippen LogP contribution in [0.3, 0.4) is 0 Å². The fourth-order valence-electron chi connectivity index (χ4n) is 2.00. The maximum atomic E-state index is 12.0. The predicted molar refractivity (Wildman–Crippen MR) is 76.8 cm³/mol. The molecule has 0 amide bonds. The average molecular weight is 343 g/mol. The Bertz CT molecular complexity index is 693. The molecular formula is C12H15BrN4O3. The Morgan fingerprint density at radius 1 is 1.40 bits per heavy atom. The number of aryl methyl sites for hydroxylation is 2. The second-order valence-corrected chi connectivity index (χ2v) is 4.99. The van der Waals surface area contributed by atoms with Gasteiger partial charge >= 0.3 is 0 Å². The maximum Gasteiger partial charge on any atom is 0.265 e. The minimum Gasteiger partial charge on any atom is -0.481 e. The van der Waals surface area contributed by atoms with E-state index in [2.05, 4.69) is 31.0 Å². The molecule has 0 unspecified atom stereocenters. The molecule has 108 valence electrons. The normalized spacial score (nSPS) is 10.8. The lowest BCUT2D eigenvalue weighted by molar-refractivity contribution is 0.180. The molecular weight excluding hydrogens is 328 g/mol. The Kier molecular flexibility index (Phi) is 4.24. The van der Waals surface area contributed by atoms with Gasteiger partial charge in [-0.25, -0.2) is 9.67 Å². The number of nitrogens with zero attached hydrogens (tertiary/aromatic N) is 3. The summed E-state index contributed by atoms with van der Waals surface area (Å²) < 4.78 is 12.3. The Morgan fingerprint density at radius 3 is 2.70 bits per heavy atom. The summed E-state index contributed by atoms with van der Waals surface area (Å²) in [4.78, 5) is 19.1. The van der Waals surface area contributed by atoms with Crippen molar-refractivity contribution in [2.75, 3.05) is 14.2 Å². The van der Waals surface area contributed by atoms with E-state index in [9.17, 15) is 4.79 Å². The van der Waals surface area contributed by atoms with Gasteiger partial charge < -0.3 is 14.5 Å². The third kappa shape index (κ3) is 2.48. The lowest BCUT2D eigenvalue weighted by Crippen LogP contribution is -2.14. The van der Waals surface area contributed by atoms with Crippen LogP contribution in [0.25, 0.3) is 11.4 Å². The molecule has 2 aromatic heterocycles. The monoisotopic (exact) mass is 342 g/mol. The fraction of sp³-hybridized carbons (Fsp3) is 0.417. The molecule has 20 heavy (non-hydrogen) atoms. The zero-order valence-electron chi connectivity index (χ0n) is 11.7. The summed E-state index contributed by atoms with van der Waals surface area (Å²) in [5.41, 5.74) is 1.64. The van der Waals surface area contributed by atoms with Crippen molar-refractivity contribution in [1.29, 1.82) is 0 Å². The molecule has 0 radical (unpaired) electrons. The van der Waals surface area contributed by atoms with Crippen LogP contribution in [-0.4, -0.2) is 34.0 Å². The average Bonchev–Trinajstić information content (AvgIpc) is 2.69. The van der Waals surface area contributed by atoms with Gasteiger partial charge in [-0.3, -0.25) is 4.79 Å². The first-order valence-corrected chi connectivity index (χ1v) is 6.64. The summed E-state index contributed by atoms with van der Waals surface area (Å²) in [6, 6.07) is 0. The number of aromatic amines is 1. The second kappa shape index (κ2) is 5.76. The Labute approximate surface area is 124 Å². The number of ether oxygens (including phenoxy) is 2. The fourth-order valence-corrected chi connectivity index (χ4v) is 2.30. The van der Waals surface area contributed by atoms with E-state index in [1.807, 2.05) is 6.92 Å². The van der Waals surface area contributed by atoms with Crippen LogP contribution < -0.4 is 10.3 Å². The SMILES string of the molecule is COCc1nc(-c2c(C)nn(C)c2OC)[nH]c(=O)c1Br. The molecule has 0 atom stereocenters. The van der Waals surface area contributed by atoms with Crippen molar-refractivity contribution >= 4 is 15.9 Å². The largest absolute Gasteiger partial charge is 0.481 e. The number of H-pyrrole nitrogens is 1. The summed E-state index contributed by atoms with van der Waals surface area (Å²) in [6.07, 6.45) is 0. The lowest BCUT2D eigenvalue weighted by atomic mass is 10.2. The Hall–Kier alpha value is -1.67. The molecule has 0 bridgehead atoms. The minimum atomic E-state index is -0.271. The van der Waals surface area contributed by atoms with Gasteiger partial charge in [0.2, 0.25) is 5.88 Å². The van der Waals surface area contributed by atoms with Crippen molar-refractivity contribution in [2.45, 2.75) is 13.5 Å². The first-order valence-electron chi connectivity index (χ1n) is 5.85. The van der Waals surface area contributed by atoms with Gasteiger partial charge in [0.25, 0.3) is 5.56 Å². The highest BCUT2D eigenvalue weighted by Gasteiger charge is 2.20. The number of aromatic nitrogens is 4. The zero-order valence-corrected chi connectivity index (χ0v) is 13.2. The molecule has 1 N–H and O–H groups in total. The second-order valence-electron chi connectivity index (χ2n) is 4.20. The van der Waals surface area contributed by atoms with Gasteiger partial charge in [0.1, 0.15) is 15.9 Å². The molecule has 2 heterocycles. The molecule has 0 aliphatic carbocycles. The summed E-state index contributed by atoms with van der Waals surface area (Å²) in [5.74, 6) is 0.948. The number of hydrogen-bond acceptors (Lipinski definition) is 5. The third-order valence-electron chi connectivity index (χ3n) is 2.81. The van der Waals surface area contributed by atoms with E-state index in [1.54, 1.807) is 25.9 Å². The van der Waals surface area contributed by atoms with Crippen molar-refractivity contribution in [3.8, 4) is 17.3 Å². The molecule has 0 saturated carbocycles. The third-order valence-corrected chi connectivity index (χ3v) is 3.63. The quantitative estimate of drug-likeness (QED) is 0.907. The molecule has 2 aromatic rings. The molecule has 8 heteroatoms. The van der Waals surface area contributed by atoms with Crippen molar-refractivity contribution in [1.82, 2.24) is 19.7 Å². The van der Waals surface area contributed by atoms with E-state index in [0.717, 1.165) is 5.69 Å². The summed E-state index contributed by atoms with van der Waals surface area (Å²) in [5, 5.41) is 4.27. The number of halogens is 1. The van der Waals surface area contributed by atoms with Gasteiger partial charge in [0.05, 0.1) is 25.1 Å². The standard InChI is InChI=1S/C12H15BrN4O3/c1-6-8(12(20-4)17(2)16-6)10-14-7(5-19-3)9(13)11(18)15-10/h5H2,1-4H3,(H,14,15,18). The molecule has 0 saturated heterocycles. The van der Waals surface area contributed by atoms with E-state index in [1.165, 1.54) is 0 Å². The van der Waals surface area contributed by atoms with Gasteiger partial charge in [0.15, 0.2) is 0 Å².